The molecule has 2 bridgehead atoms. The van der Waals surface area contributed by atoms with Gasteiger partial charge in [-0.3, -0.25) is 14.4 Å². The molecule has 0 aliphatic carbocycles. The van der Waals surface area contributed by atoms with Gasteiger partial charge in [0.1, 0.15) is 11.6 Å². The van der Waals surface area contributed by atoms with E-state index >= 15 is 0 Å². The zero-order chi connectivity index (χ0) is 26.7. The van der Waals surface area contributed by atoms with Crippen molar-refractivity contribution in [2.45, 2.75) is 103 Å². The summed E-state index contributed by atoms with van der Waals surface area (Å²) in [6, 6.07) is -1.64. The number of carboxylic acid groups (broad SMARTS) is 1. The average Bonchev–Trinajstić information content (AvgIpc) is 3.25. The van der Waals surface area contributed by atoms with Gasteiger partial charge < -0.3 is 24.7 Å². The number of amides is 2. The zero-order valence-corrected chi connectivity index (χ0v) is 22.6. The average molecular weight is 493 g/mol. The molecule has 0 aromatic carbocycles. The first kappa shape index (κ1) is 27.7. The number of likely N-dealkylation sites (tertiary alicyclic amines) is 1. The van der Waals surface area contributed by atoms with E-state index in [9.17, 15) is 24.6 Å². The lowest BCUT2D eigenvalue weighted by Crippen LogP contribution is -2.63. The lowest BCUT2D eigenvalue weighted by molar-refractivity contribution is -0.162. The van der Waals surface area contributed by atoms with Crippen LogP contribution in [0.2, 0.25) is 0 Å². The fourth-order valence-corrected chi connectivity index (χ4v) is 7.30. The Kier molecular flexibility index (Phi) is 7.01. The van der Waals surface area contributed by atoms with Crippen molar-refractivity contribution < 1.29 is 29.3 Å². The number of rotatable bonds is 9. The van der Waals surface area contributed by atoms with Crippen LogP contribution < -0.4 is 0 Å². The first-order chi connectivity index (χ1) is 16.0. The van der Waals surface area contributed by atoms with Crippen LogP contribution in [-0.2, 0) is 19.1 Å². The minimum Gasteiger partial charge on any atom is -0.481 e. The minimum atomic E-state index is -1.23. The molecular weight excluding hydrogens is 448 g/mol. The topological polar surface area (TPSA) is 107 Å². The predicted molar refractivity (Wildman–Crippen MR) is 132 cm³/mol. The molecule has 8 nitrogen and oxygen atoms in total. The molecule has 198 valence electrons. The van der Waals surface area contributed by atoms with E-state index in [1.54, 1.807) is 17.9 Å². The number of carbonyl (C=O) groups excluding carboxylic acids is 2. The summed E-state index contributed by atoms with van der Waals surface area (Å²) in [7, 11) is 0. The third kappa shape index (κ3) is 4.31. The molecule has 2 unspecified atom stereocenters. The molecule has 0 radical (unpaired) electrons. The molecule has 6 atom stereocenters. The van der Waals surface area contributed by atoms with Crippen molar-refractivity contribution in [3.8, 4) is 0 Å². The standard InChI is InChI=1S/C27H44N2O6/c1-10-13-28(25(7,8)15-24(4,5)6)22(32)20-27-12-11-26(9,35-27)19(23(33)34)18(27)21(31)29(20)17(14-30)16(2)3/h10,16-20,30H,1,11-15H2,2-9H3,(H,33,34)/t17-,18-,19+,20?,26-,27?/m0/s1. The van der Waals surface area contributed by atoms with Gasteiger partial charge in [0, 0.05) is 12.1 Å². The van der Waals surface area contributed by atoms with Crippen molar-refractivity contribution in [1.82, 2.24) is 9.80 Å². The number of nitrogens with zero attached hydrogens (tertiary/aromatic N) is 2. The highest BCUT2D eigenvalue weighted by atomic mass is 16.5. The molecule has 0 aromatic rings. The highest BCUT2D eigenvalue weighted by molar-refractivity contribution is 5.98. The number of carboxylic acids is 1. The summed E-state index contributed by atoms with van der Waals surface area (Å²) in [5, 5.41) is 20.4. The zero-order valence-electron chi connectivity index (χ0n) is 22.6. The van der Waals surface area contributed by atoms with Gasteiger partial charge in [-0.1, -0.05) is 40.7 Å². The molecular formula is C27H44N2O6. The Hall–Kier alpha value is -1.93. The number of aliphatic hydroxyl groups excluding tert-OH is 1. The number of ether oxygens (including phenoxy) is 1. The molecule has 3 aliphatic heterocycles. The van der Waals surface area contributed by atoms with Crippen LogP contribution in [0.25, 0.3) is 0 Å². The summed E-state index contributed by atoms with van der Waals surface area (Å²) in [6.45, 7) is 19.7. The Morgan fingerprint density at radius 3 is 2.31 bits per heavy atom. The number of carbonyl (C=O) groups is 3. The Morgan fingerprint density at radius 2 is 1.86 bits per heavy atom. The number of aliphatic carboxylic acids is 1. The summed E-state index contributed by atoms with van der Waals surface area (Å²) >= 11 is 0. The van der Waals surface area contributed by atoms with Crippen molar-refractivity contribution >= 4 is 17.8 Å². The second-order valence-electron chi connectivity index (χ2n) is 13.1. The molecule has 1 spiro atoms. The molecule has 2 amide bonds. The van der Waals surface area contributed by atoms with E-state index in [2.05, 4.69) is 27.4 Å². The van der Waals surface area contributed by atoms with Gasteiger partial charge in [-0.25, -0.2) is 0 Å². The van der Waals surface area contributed by atoms with E-state index in [1.165, 1.54) is 4.90 Å². The molecule has 3 rings (SSSR count). The van der Waals surface area contributed by atoms with Crippen LogP contribution in [0.15, 0.2) is 12.7 Å². The summed E-state index contributed by atoms with van der Waals surface area (Å²) in [4.78, 5) is 44.2. The van der Waals surface area contributed by atoms with Gasteiger partial charge in [-0.15, -0.1) is 6.58 Å². The van der Waals surface area contributed by atoms with Crippen LogP contribution in [-0.4, -0.2) is 79.8 Å². The summed E-state index contributed by atoms with van der Waals surface area (Å²) < 4.78 is 6.50. The molecule has 3 heterocycles. The summed E-state index contributed by atoms with van der Waals surface area (Å²) in [5.74, 6) is -3.89. The Morgan fingerprint density at radius 1 is 1.26 bits per heavy atom. The maximum absolute atomic E-state index is 14.5. The maximum atomic E-state index is 14.5. The van der Waals surface area contributed by atoms with E-state index in [1.807, 2.05) is 27.7 Å². The van der Waals surface area contributed by atoms with Crippen molar-refractivity contribution in [2.24, 2.45) is 23.2 Å². The van der Waals surface area contributed by atoms with E-state index in [4.69, 9.17) is 4.74 Å². The highest BCUT2D eigenvalue weighted by Crippen LogP contribution is 2.63. The van der Waals surface area contributed by atoms with Gasteiger partial charge in [-0.2, -0.15) is 0 Å². The number of hydrogen-bond acceptors (Lipinski definition) is 5. The molecule has 3 aliphatic rings. The van der Waals surface area contributed by atoms with Crippen LogP contribution in [0.3, 0.4) is 0 Å². The van der Waals surface area contributed by atoms with E-state index in [0.717, 1.165) is 0 Å². The van der Waals surface area contributed by atoms with Crippen molar-refractivity contribution in [3.63, 3.8) is 0 Å². The molecule has 3 fully saturated rings. The van der Waals surface area contributed by atoms with Gasteiger partial charge in [0.05, 0.1) is 30.1 Å². The van der Waals surface area contributed by atoms with Gasteiger partial charge in [0.15, 0.2) is 0 Å². The van der Waals surface area contributed by atoms with E-state index < -0.39 is 52.5 Å². The lowest BCUT2D eigenvalue weighted by Gasteiger charge is -2.47. The minimum absolute atomic E-state index is 0.0645. The van der Waals surface area contributed by atoms with Gasteiger partial charge >= 0.3 is 5.97 Å². The Labute approximate surface area is 209 Å². The molecule has 3 saturated heterocycles. The second kappa shape index (κ2) is 8.87. The van der Waals surface area contributed by atoms with E-state index in [-0.39, 0.29) is 30.4 Å². The maximum Gasteiger partial charge on any atom is 0.310 e. The molecule has 2 N–H and O–H groups in total. The largest absolute Gasteiger partial charge is 0.481 e. The fourth-order valence-electron chi connectivity index (χ4n) is 7.30. The molecule has 8 heteroatoms. The fraction of sp³-hybridized carbons (Fsp3) is 0.815. The van der Waals surface area contributed by atoms with Crippen LogP contribution in [0.4, 0.5) is 0 Å². The molecule has 0 saturated carbocycles. The summed E-state index contributed by atoms with van der Waals surface area (Å²) in [6.07, 6.45) is 3.28. The van der Waals surface area contributed by atoms with Crippen LogP contribution >= 0.6 is 0 Å². The number of fused-ring (bicyclic) bond motifs is 1. The normalized spacial score (nSPS) is 33.3. The highest BCUT2D eigenvalue weighted by Gasteiger charge is 2.79. The molecule has 35 heavy (non-hydrogen) atoms. The van der Waals surface area contributed by atoms with Gasteiger partial charge in [0.2, 0.25) is 11.8 Å². The van der Waals surface area contributed by atoms with Crippen molar-refractivity contribution in [3.05, 3.63) is 12.7 Å². The Balaban J connectivity index is 2.18. The summed E-state index contributed by atoms with van der Waals surface area (Å²) in [5.41, 5.74) is -2.86. The van der Waals surface area contributed by atoms with Gasteiger partial charge in [0.25, 0.3) is 0 Å². The van der Waals surface area contributed by atoms with Crippen molar-refractivity contribution in [2.75, 3.05) is 13.2 Å². The third-order valence-electron chi connectivity index (χ3n) is 8.30. The predicted octanol–water partition coefficient (Wildman–Crippen LogP) is 3.08. The van der Waals surface area contributed by atoms with Crippen LogP contribution in [0, 0.1) is 23.2 Å². The second-order valence-corrected chi connectivity index (χ2v) is 13.1. The van der Waals surface area contributed by atoms with Crippen LogP contribution in [0.5, 0.6) is 0 Å². The number of hydrogen-bond donors (Lipinski definition) is 2. The first-order valence-corrected chi connectivity index (χ1v) is 12.8. The lowest BCUT2D eigenvalue weighted by atomic mass is 9.66. The number of aliphatic hydroxyl groups is 1. The van der Waals surface area contributed by atoms with E-state index in [0.29, 0.717) is 19.3 Å². The monoisotopic (exact) mass is 492 g/mol. The molecule has 0 aromatic heterocycles. The van der Waals surface area contributed by atoms with Gasteiger partial charge in [-0.05, 0) is 51.4 Å². The quantitative estimate of drug-likeness (QED) is 0.479. The van der Waals surface area contributed by atoms with Crippen LogP contribution in [0.1, 0.15) is 74.7 Å². The Bertz CT molecular complexity index is 893. The first-order valence-electron chi connectivity index (χ1n) is 12.8. The smallest absolute Gasteiger partial charge is 0.310 e. The third-order valence-corrected chi connectivity index (χ3v) is 8.30. The van der Waals surface area contributed by atoms with Crippen molar-refractivity contribution in [1.29, 1.82) is 0 Å². The SMILES string of the molecule is C=CCN(C(=O)C1N([C@@H](CO)C(C)C)C(=O)[C@@H]2[C@H](C(=O)O)[C@]3(C)CCC12O3)C(C)(C)CC(C)(C)C.